The second-order valence-corrected chi connectivity index (χ2v) is 4.20. The number of aryl methyl sites for hydroxylation is 1. The minimum atomic E-state index is -4.78. The third-order valence-electron chi connectivity index (χ3n) is 2.73. The normalized spacial score (nSPS) is 11.7. The van der Waals surface area contributed by atoms with E-state index in [-0.39, 0.29) is 5.56 Å². The Bertz CT molecular complexity index is 718. The average Bonchev–Trinajstić information content (AvgIpc) is 2.33. The summed E-state index contributed by atoms with van der Waals surface area (Å²) in [7, 11) is 0. The van der Waals surface area contributed by atoms with Crippen molar-refractivity contribution < 1.29 is 22.0 Å². The van der Waals surface area contributed by atoms with Crippen molar-refractivity contribution >= 4 is 0 Å². The quantitative estimate of drug-likeness (QED) is 0.799. The van der Waals surface area contributed by atoms with Crippen LogP contribution in [0.4, 0.5) is 22.0 Å². The summed E-state index contributed by atoms with van der Waals surface area (Å²) in [6.45, 7) is 1.34. The van der Waals surface area contributed by atoms with Crippen LogP contribution >= 0.6 is 0 Å². The smallest absolute Gasteiger partial charge is 0.322 e. The SMILES string of the molecule is Cc1ccc(F)c(-c2cc(C(F)(F)F)cc(=O)[nH]2)c1F. The lowest BCUT2D eigenvalue weighted by Gasteiger charge is -2.10. The standard InChI is InChI=1S/C13H8F5NO/c1-6-2-3-8(14)11(12(6)15)9-4-7(13(16,17)18)5-10(20)19-9/h2-5H,1H3,(H,19,20). The number of halogens is 5. The second kappa shape index (κ2) is 4.73. The van der Waals surface area contributed by atoms with Gasteiger partial charge in [0, 0.05) is 6.07 Å². The molecule has 0 fully saturated rings. The van der Waals surface area contributed by atoms with Crippen molar-refractivity contribution in [2.75, 3.05) is 0 Å². The maximum Gasteiger partial charge on any atom is 0.416 e. The Hall–Kier alpha value is -2.18. The Morgan fingerprint density at radius 1 is 1.10 bits per heavy atom. The number of pyridine rings is 1. The van der Waals surface area contributed by atoms with E-state index in [0.29, 0.717) is 12.1 Å². The molecule has 2 aromatic rings. The molecule has 20 heavy (non-hydrogen) atoms. The lowest BCUT2D eigenvalue weighted by Crippen LogP contribution is -2.14. The van der Waals surface area contributed by atoms with E-state index in [0.717, 1.165) is 12.1 Å². The highest BCUT2D eigenvalue weighted by Crippen LogP contribution is 2.32. The topological polar surface area (TPSA) is 32.9 Å². The number of benzene rings is 1. The summed E-state index contributed by atoms with van der Waals surface area (Å²) in [4.78, 5) is 13.2. The molecule has 2 rings (SSSR count). The van der Waals surface area contributed by atoms with Gasteiger partial charge in [-0.15, -0.1) is 0 Å². The molecule has 0 saturated heterocycles. The number of nitrogens with one attached hydrogen (secondary N) is 1. The van der Waals surface area contributed by atoms with E-state index in [1.54, 1.807) is 0 Å². The van der Waals surface area contributed by atoms with Crippen LogP contribution in [0.1, 0.15) is 11.1 Å². The summed E-state index contributed by atoms with van der Waals surface area (Å²) in [5.74, 6) is -2.07. The van der Waals surface area contributed by atoms with Crippen LogP contribution in [0.5, 0.6) is 0 Å². The van der Waals surface area contributed by atoms with Crippen LogP contribution in [0.25, 0.3) is 11.3 Å². The highest BCUT2D eigenvalue weighted by molar-refractivity contribution is 5.62. The predicted octanol–water partition coefficient (Wildman–Crippen LogP) is 3.65. The second-order valence-electron chi connectivity index (χ2n) is 4.20. The number of H-pyrrole nitrogens is 1. The number of aromatic nitrogens is 1. The number of aromatic amines is 1. The fraction of sp³-hybridized carbons (Fsp3) is 0.154. The van der Waals surface area contributed by atoms with Crippen molar-refractivity contribution in [1.82, 2.24) is 4.98 Å². The van der Waals surface area contributed by atoms with Crippen LogP contribution in [-0.2, 0) is 6.18 Å². The van der Waals surface area contributed by atoms with Gasteiger partial charge < -0.3 is 4.98 Å². The number of hydrogen-bond donors (Lipinski definition) is 1. The van der Waals surface area contributed by atoms with Crippen LogP contribution in [0.15, 0.2) is 29.1 Å². The summed E-state index contributed by atoms with van der Waals surface area (Å²) in [5, 5.41) is 0. The molecule has 0 bridgehead atoms. The summed E-state index contributed by atoms with van der Waals surface area (Å²) in [6.07, 6.45) is -4.78. The van der Waals surface area contributed by atoms with E-state index < -0.39 is 40.2 Å². The third-order valence-corrected chi connectivity index (χ3v) is 2.73. The largest absolute Gasteiger partial charge is 0.416 e. The molecular formula is C13H8F5NO. The number of rotatable bonds is 1. The van der Waals surface area contributed by atoms with Gasteiger partial charge in [0.25, 0.3) is 0 Å². The third kappa shape index (κ3) is 2.56. The van der Waals surface area contributed by atoms with Gasteiger partial charge in [-0.25, -0.2) is 8.78 Å². The minimum Gasteiger partial charge on any atom is -0.322 e. The van der Waals surface area contributed by atoms with Crippen molar-refractivity contribution in [2.24, 2.45) is 0 Å². The zero-order valence-corrected chi connectivity index (χ0v) is 10.1. The maximum atomic E-state index is 13.9. The molecule has 0 spiro atoms. The van der Waals surface area contributed by atoms with E-state index >= 15 is 0 Å². The van der Waals surface area contributed by atoms with Crippen LogP contribution in [-0.4, -0.2) is 4.98 Å². The van der Waals surface area contributed by atoms with E-state index in [2.05, 4.69) is 0 Å². The van der Waals surface area contributed by atoms with E-state index in [9.17, 15) is 26.7 Å². The van der Waals surface area contributed by atoms with Gasteiger partial charge in [-0.2, -0.15) is 13.2 Å². The summed E-state index contributed by atoms with van der Waals surface area (Å²) in [5.41, 5.74) is -3.54. The monoisotopic (exact) mass is 289 g/mol. The van der Waals surface area contributed by atoms with Crippen molar-refractivity contribution in [3.63, 3.8) is 0 Å². The molecule has 0 saturated carbocycles. The highest BCUT2D eigenvalue weighted by atomic mass is 19.4. The first-order valence-corrected chi connectivity index (χ1v) is 5.46. The first-order valence-electron chi connectivity index (χ1n) is 5.46. The molecule has 1 N–H and O–H groups in total. The highest BCUT2D eigenvalue weighted by Gasteiger charge is 2.32. The summed E-state index contributed by atoms with van der Waals surface area (Å²) < 4.78 is 65.3. The molecule has 0 unspecified atom stereocenters. The first-order chi connectivity index (χ1) is 9.20. The van der Waals surface area contributed by atoms with Gasteiger partial charge in [0.2, 0.25) is 5.56 Å². The molecule has 0 aliphatic rings. The van der Waals surface area contributed by atoms with Crippen molar-refractivity contribution in [2.45, 2.75) is 13.1 Å². The molecule has 2 nitrogen and oxygen atoms in total. The molecule has 7 heteroatoms. The van der Waals surface area contributed by atoms with Crippen LogP contribution in [0.3, 0.4) is 0 Å². The molecule has 0 atom stereocenters. The molecule has 0 aliphatic heterocycles. The molecule has 0 amide bonds. The van der Waals surface area contributed by atoms with Gasteiger partial charge in [0.1, 0.15) is 11.6 Å². The lowest BCUT2D eigenvalue weighted by atomic mass is 10.0. The molecule has 1 heterocycles. The lowest BCUT2D eigenvalue weighted by molar-refractivity contribution is -0.137. The molecule has 1 aromatic heterocycles. The van der Waals surface area contributed by atoms with E-state index in [1.165, 1.54) is 6.92 Å². The van der Waals surface area contributed by atoms with E-state index in [1.807, 2.05) is 4.98 Å². The molecule has 0 aliphatic carbocycles. The Labute approximate surface area is 109 Å². The van der Waals surface area contributed by atoms with Gasteiger partial charge in [0.05, 0.1) is 16.8 Å². The predicted molar refractivity (Wildman–Crippen MR) is 62.2 cm³/mol. The zero-order chi connectivity index (χ0) is 15.1. The van der Waals surface area contributed by atoms with Gasteiger partial charge >= 0.3 is 6.18 Å². The van der Waals surface area contributed by atoms with E-state index in [4.69, 9.17) is 0 Å². The molecular weight excluding hydrogens is 281 g/mol. The van der Waals surface area contributed by atoms with Gasteiger partial charge in [0.15, 0.2) is 0 Å². The van der Waals surface area contributed by atoms with Gasteiger partial charge in [-0.3, -0.25) is 4.79 Å². The van der Waals surface area contributed by atoms with Gasteiger partial charge in [-0.1, -0.05) is 6.07 Å². The Kier molecular flexibility index (Phi) is 3.37. The van der Waals surface area contributed by atoms with Crippen LogP contribution < -0.4 is 5.56 Å². The maximum absolute atomic E-state index is 13.9. The van der Waals surface area contributed by atoms with Crippen molar-refractivity contribution in [3.8, 4) is 11.3 Å². The molecule has 1 aromatic carbocycles. The number of alkyl halides is 3. The van der Waals surface area contributed by atoms with Crippen molar-refractivity contribution in [3.05, 3.63) is 57.4 Å². The molecule has 106 valence electrons. The van der Waals surface area contributed by atoms with Crippen molar-refractivity contribution in [1.29, 1.82) is 0 Å². The Morgan fingerprint density at radius 3 is 2.35 bits per heavy atom. The Balaban J connectivity index is 2.75. The summed E-state index contributed by atoms with van der Waals surface area (Å²) in [6, 6.07) is 2.91. The fourth-order valence-electron chi connectivity index (χ4n) is 1.75. The molecule has 0 radical (unpaired) electrons. The Morgan fingerprint density at radius 2 is 1.75 bits per heavy atom. The zero-order valence-electron chi connectivity index (χ0n) is 10.1. The first kappa shape index (κ1) is 14.2. The van der Waals surface area contributed by atoms with Gasteiger partial charge in [-0.05, 0) is 24.6 Å². The minimum absolute atomic E-state index is 0.0552. The van der Waals surface area contributed by atoms with Crippen LogP contribution in [0.2, 0.25) is 0 Å². The fourth-order valence-corrected chi connectivity index (χ4v) is 1.75. The average molecular weight is 289 g/mol. The summed E-state index contributed by atoms with van der Waals surface area (Å²) >= 11 is 0. The number of hydrogen-bond acceptors (Lipinski definition) is 1. The van der Waals surface area contributed by atoms with Crippen LogP contribution in [0, 0.1) is 18.6 Å².